The Balaban J connectivity index is 1.48. The number of carbonyl (C=O) groups excluding carboxylic acids is 1. The molecule has 1 atom stereocenters. The molecule has 1 saturated heterocycles. The van der Waals surface area contributed by atoms with Crippen LogP contribution in [0.4, 0.5) is 0 Å². The monoisotopic (exact) mass is 413 g/mol. The fourth-order valence-corrected chi connectivity index (χ4v) is 5.18. The molecule has 3 heterocycles. The molecule has 0 saturated carbocycles. The number of aromatic nitrogens is 1. The van der Waals surface area contributed by atoms with Gasteiger partial charge in [-0.3, -0.25) is 9.69 Å². The molecule has 4 rings (SSSR count). The third-order valence-corrected chi connectivity index (χ3v) is 7.06. The van der Waals surface area contributed by atoms with Crippen LogP contribution < -0.4 is 5.32 Å². The van der Waals surface area contributed by atoms with E-state index in [1.165, 1.54) is 16.9 Å². The van der Waals surface area contributed by atoms with Gasteiger partial charge in [0, 0.05) is 19.6 Å². The number of nitrogens with zero attached hydrogens (tertiary/aromatic N) is 2. The number of hydrogen-bond donors (Lipinski definition) is 1. The van der Waals surface area contributed by atoms with E-state index in [-0.39, 0.29) is 11.9 Å². The van der Waals surface area contributed by atoms with Gasteiger partial charge in [-0.1, -0.05) is 36.4 Å². The van der Waals surface area contributed by atoms with Crippen molar-refractivity contribution < 1.29 is 9.53 Å². The summed E-state index contributed by atoms with van der Waals surface area (Å²) in [5.74, 6) is -0.0491. The highest BCUT2D eigenvalue weighted by Gasteiger charge is 2.24. The number of rotatable bonds is 6. The van der Waals surface area contributed by atoms with Gasteiger partial charge < -0.3 is 10.1 Å². The quantitative estimate of drug-likeness (QED) is 0.664. The summed E-state index contributed by atoms with van der Waals surface area (Å²) in [5.41, 5.74) is 2.00. The number of thiazole rings is 1. The third kappa shape index (κ3) is 4.33. The second-order valence-corrected chi connectivity index (χ2v) is 8.64. The van der Waals surface area contributed by atoms with Gasteiger partial charge in [-0.25, -0.2) is 4.98 Å². The molecular formula is C21H23N3O2S2. The molecule has 28 heavy (non-hydrogen) atoms. The Morgan fingerprint density at radius 1 is 1.21 bits per heavy atom. The molecule has 1 amide bonds. The number of morpholine rings is 1. The summed E-state index contributed by atoms with van der Waals surface area (Å²) in [6.45, 7) is 5.67. The molecule has 1 N–H and O–H groups in total. The Morgan fingerprint density at radius 3 is 2.71 bits per heavy atom. The van der Waals surface area contributed by atoms with Crippen LogP contribution >= 0.6 is 22.7 Å². The molecule has 0 radical (unpaired) electrons. The summed E-state index contributed by atoms with van der Waals surface area (Å²) in [5, 5.41) is 6.08. The molecule has 1 aromatic carbocycles. The first-order valence-electron chi connectivity index (χ1n) is 9.38. The first-order chi connectivity index (χ1) is 13.7. The molecule has 7 heteroatoms. The van der Waals surface area contributed by atoms with E-state index in [2.05, 4.69) is 27.3 Å². The Morgan fingerprint density at radius 2 is 2.00 bits per heavy atom. The van der Waals surface area contributed by atoms with E-state index in [9.17, 15) is 4.79 Å². The van der Waals surface area contributed by atoms with E-state index >= 15 is 0 Å². The first kappa shape index (κ1) is 19.3. The molecule has 1 aliphatic heterocycles. The normalized spacial score (nSPS) is 16.0. The molecule has 1 unspecified atom stereocenters. The summed E-state index contributed by atoms with van der Waals surface area (Å²) in [6.07, 6.45) is 0. The summed E-state index contributed by atoms with van der Waals surface area (Å²) in [4.78, 5) is 21.7. The van der Waals surface area contributed by atoms with Crippen molar-refractivity contribution in [3.8, 4) is 9.88 Å². The van der Waals surface area contributed by atoms with Gasteiger partial charge in [-0.2, -0.15) is 0 Å². The van der Waals surface area contributed by atoms with Crippen LogP contribution in [0.3, 0.4) is 0 Å². The first-order valence-corrected chi connectivity index (χ1v) is 11.1. The van der Waals surface area contributed by atoms with Crippen molar-refractivity contribution in [1.82, 2.24) is 15.2 Å². The Labute approximate surface area is 173 Å². The molecule has 5 nitrogen and oxygen atoms in total. The second-order valence-electron chi connectivity index (χ2n) is 6.70. The molecule has 2 aromatic heterocycles. The van der Waals surface area contributed by atoms with Crippen LogP contribution in [0.15, 0.2) is 47.8 Å². The van der Waals surface area contributed by atoms with Gasteiger partial charge >= 0.3 is 0 Å². The molecule has 3 aromatic rings. The SMILES string of the molecule is Cc1nc(-c2cccs2)sc1C(=O)NCC(c1ccccc1)N1CCOCC1. The van der Waals surface area contributed by atoms with Crippen LogP contribution in [0.25, 0.3) is 9.88 Å². The predicted octanol–water partition coefficient (Wildman–Crippen LogP) is 3.98. The molecule has 146 valence electrons. The van der Waals surface area contributed by atoms with Crippen LogP contribution in [-0.4, -0.2) is 48.6 Å². The zero-order chi connectivity index (χ0) is 19.3. The maximum absolute atomic E-state index is 12.9. The highest BCUT2D eigenvalue weighted by molar-refractivity contribution is 7.22. The molecule has 0 bridgehead atoms. The topological polar surface area (TPSA) is 54.5 Å². The van der Waals surface area contributed by atoms with Crippen molar-refractivity contribution >= 4 is 28.6 Å². The number of amides is 1. The Bertz CT molecular complexity index is 903. The Hall–Kier alpha value is -2.06. The lowest BCUT2D eigenvalue weighted by Gasteiger charge is -2.34. The van der Waals surface area contributed by atoms with Crippen molar-refractivity contribution in [3.63, 3.8) is 0 Å². The summed E-state index contributed by atoms with van der Waals surface area (Å²) < 4.78 is 5.50. The standard InChI is InChI=1S/C21H23N3O2S2/c1-15-19(28-21(23-15)18-8-5-13-27-18)20(25)22-14-17(16-6-3-2-4-7-16)24-9-11-26-12-10-24/h2-8,13,17H,9-12,14H2,1H3,(H,22,25). The minimum atomic E-state index is -0.0491. The van der Waals surface area contributed by atoms with Crippen molar-refractivity contribution in [2.24, 2.45) is 0 Å². The molecular weight excluding hydrogens is 390 g/mol. The van der Waals surface area contributed by atoms with Crippen LogP contribution in [0, 0.1) is 6.92 Å². The predicted molar refractivity (Wildman–Crippen MR) is 114 cm³/mol. The number of carbonyl (C=O) groups is 1. The number of nitrogens with one attached hydrogen (secondary N) is 1. The lowest BCUT2D eigenvalue weighted by molar-refractivity contribution is 0.0162. The highest BCUT2D eigenvalue weighted by atomic mass is 32.1. The van der Waals surface area contributed by atoms with Crippen LogP contribution in [0.5, 0.6) is 0 Å². The van der Waals surface area contributed by atoms with E-state index in [4.69, 9.17) is 4.74 Å². The second kappa shape index (κ2) is 8.96. The van der Waals surface area contributed by atoms with E-state index in [0.717, 1.165) is 41.9 Å². The fourth-order valence-electron chi connectivity index (χ4n) is 3.40. The molecule has 1 aliphatic rings. The number of benzene rings is 1. The van der Waals surface area contributed by atoms with Gasteiger partial charge in [0.05, 0.1) is 29.8 Å². The third-order valence-electron chi connectivity index (χ3n) is 4.86. The van der Waals surface area contributed by atoms with Crippen molar-refractivity contribution in [3.05, 3.63) is 64.0 Å². The summed E-state index contributed by atoms with van der Waals surface area (Å²) >= 11 is 3.10. The lowest BCUT2D eigenvalue weighted by atomic mass is 10.0. The Kier molecular flexibility index (Phi) is 6.17. The van der Waals surface area contributed by atoms with Gasteiger partial charge in [0.1, 0.15) is 9.88 Å². The van der Waals surface area contributed by atoms with Gasteiger partial charge in [0.15, 0.2) is 0 Å². The van der Waals surface area contributed by atoms with E-state index in [0.29, 0.717) is 11.4 Å². The van der Waals surface area contributed by atoms with Crippen LogP contribution in [-0.2, 0) is 4.74 Å². The average Bonchev–Trinajstić information content (AvgIpc) is 3.39. The van der Waals surface area contributed by atoms with Gasteiger partial charge in [0.25, 0.3) is 5.91 Å². The zero-order valence-corrected chi connectivity index (χ0v) is 17.4. The van der Waals surface area contributed by atoms with Gasteiger partial charge in [-0.05, 0) is 23.9 Å². The minimum absolute atomic E-state index is 0.0491. The molecule has 1 fully saturated rings. The average molecular weight is 414 g/mol. The number of aryl methyl sites for hydroxylation is 1. The fraction of sp³-hybridized carbons (Fsp3) is 0.333. The maximum Gasteiger partial charge on any atom is 0.263 e. The molecule has 0 aliphatic carbocycles. The van der Waals surface area contributed by atoms with E-state index in [1.807, 2.05) is 42.6 Å². The number of hydrogen-bond acceptors (Lipinski definition) is 6. The highest BCUT2D eigenvalue weighted by Crippen LogP contribution is 2.31. The van der Waals surface area contributed by atoms with E-state index < -0.39 is 0 Å². The smallest absolute Gasteiger partial charge is 0.263 e. The zero-order valence-electron chi connectivity index (χ0n) is 15.8. The van der Waals surface area contributed by atoms with Gasteiger partial charge in [0.2, 0.25) is 0 Å². The largest absolute Gasteiger partial charge is 0.379 e. The summed E-state index contributed by atoms with van der Waals surface area (Å²) in [6, 6.07) is 14.5. The molecule has 0 spiro atoms. The minimum Gasteiger partial charge on any atom is -0.379 e. The maximum atomic E-state index is 12.9. The number of ether oxygens (including phenoxy) is 1. The lowest BCUT2D eigenvalue weighted by Crippen LogP contribution is -2.43. The van der Waals surface area contributed by atoms with Crippen molar-refractivity contribution in [2.45, 2.75) is 13.0 Å². The van der Waals surface area contributed by atoms with Crippen LogP contribution in [0.2, 0.25) is 0 Å². The summed E-state index contributed by atoms with van der Waals surface area (Å²) in [7, 11) is 0. The van der Waals surface area contributed by atoms with Gasteiger partial charge in [-0.15, -0.1) is 22.7 Å². The van der Waals surface area contributed by atoms with Crippen molar-refractivity contribution in [1.29, 1.82) is 0 Å². The number of thiophene rings is 1. The van der Waals surface area contributed by atoms with E-state index in [1.54, 1.807) is 11.3 Å². The van der Waals surface area contributed by atoms with Crippen LogP contribution in [0.1, 0.15) is 27.0 Å². The van der Waals surface area contributed by atoms with Crippen molar-refractivity contribution in [2.75, 3.05) is 32.8 Å².